The summed E-state index contributed by atoms with van der Waals surface area (Å²) in [6.45, 7) is 4.98. The molecule has 0 fully saturated rings. The second-order valence-electron chi connectivity index (χ2n) is 3.76. The van der Waals surface area contributed by atoms with Crippen molar-refractivity contribution in [3.8, 4) is 0 Å². The monoisotopic (exact) mass is 205 g/mol. The molecule has 0 amide bonds. The van der Waals surface area contributed by atoms with Crippen LogP contribution in [0, 0.1) is 0 Å². The molecule has 0 aliphatic rings. The highest BCUT2D eigenvalue weighted by molar-refractivity contribution is 5.99. The minimum Gasteiger partial charge on any atom is -0.307 e. The molecule has 0 radical (unpaired) electrons. The van der Waals surface area contributed by atoms with Gasteiger partial charge < -0.3 is 5.32 Å². The summed E-state index contributed by atoms with van der Waals surface area (Å²) in [7, 11) is 0. The number of Topliss-reactive ketones (excluding diaryl/α,β-unsaturated/α-hetero) is 1. The number of hydrogen-bond donors (Lipinski definition) is 1. The van der Waals surface area contributed by atoms with E-state index in [0.717, 1.165) is 24.9 Å². The number of benzene rings is 1. The van der Waals surface area contributed by atoms with Crippen LogP contribution in [0.25, 0.3) is 0 Å². The zero-order chi connectivity index (χ0) is 11.1. The van der Waals surface area contributed by atoms with Crippen LogP contribution in [-0.2, 0) is 0 Å². The molecule has 0 aliphatic heterocycles. The minimum atomic E-state index is -0.0843. The van der Waals surface area contributed by atoms with E-state index in [-0.39, 0.29) is 11.8 Å². The summed E-state index contributed by atoms with van der Waals surface area (Å²) in [6, 6.07) is 9.35. The Kier molecular flexibility index (Phi) is 5.05. The average molecular weight is 205 g/mol. The first-order valence-electron chi connectivity index (χ1n) is 5.58. The lowest BCUT2D eigenvalue weighted by Gasteiger charge is -2.12. The van der Waals surface area contributed by atoms with Crippen molar-refractivity contribution in [2.75, 3.05) is 6.54 Å². The summed E-state index contributed by atoms with van der Waals surface area (Å²) in [5.41, 5.74) is 0.786. The van der Waals surface area contributed by atoms with Gasteiger partial charge in [-0.15, -0.1) is 0 Å². The smallest absolute Gasteiger partial charge is 0.179 e. The molecule has 2 heteroatoms. The SMILES string of the molecule is CCCCN[C@H](C)C(=O)c1ccccc1. The molecule has 1 atom stereocenters. The lowest BCUT2D eigenvalue weighted by atomic mass is 10.1. The van der Waals surface area contributed by atoms with E-state index in [1.807, 2.05) is 37.3 Å². The number of carbonyl (C=O) groups is 1. The summed E-state index contributed by atoms with van der Waals surface area (Å²) >= 11 is 0. The maximum Gasteiger partial charge on any atom is 0.179 e. The largest absolute Gasteiger partial charge is 0.307 e. The number of hydrogen-bond acceptors (Lipinski definition) is 2. The van der Waals surface area contributed by atoms with Gasteiger partial charge in [-0.2, -0.15) is 0 Å². The molecule has 0 aromatic heterocycles. The van der Waals surface area contributed by atoms with Crippen LogP contribution in [0.4, 0.5) is 0 Å². The third-order valence-corrected chi connectivity index (χ3v) is 2.43. The van der Waals surface area contributed by atoms with Gasteiger partial charge in [0.2, 0.25) is 0 Å². The Morgan fingerprint density at radius 2 is 2.00 bits per heavy atom. The molecule has 1 aromatic rings. The normalized spacial score (nSPS) is 12.4. The van der Waals surface area contributed by atoms with Crippen LogP contribution in [0.1, 0.15) is 37.0 Å². The zero-order valence-electron chi connectivity index (χ0n) is 9.49. The Labute approximate surface area is 91.7 Å². The molecule has 15 heavy (non-hydrogen) atoms. The second kappa shape index (κ2) is 6.36. The van der Waals surface area contributed by atoms with Gasteiger partial charge in [-0.05, 0) is 19.9 Å². The van der Waals surface area contributed by atoms with Crippen LogP contribution < -0.4 is 5.32 Å². The third-order valence-electron chi connectivity index (χ3n) is 2.43. The van der Waals surface area contributed by atoms with E-state index in [0.29, 0.717) is 0 Å². The molecule has 0 unspecified atom stereocenters. The number of rotatable bonds is 6. The first-order valence-corrected chi connectivity index (χ1v) is 5.58. The van der Waals surface area contributed by atoms with Crippen LogP contribution in [0.3, 0.4) is 0 Å². The lowest BCUT2D eigenvalue weighted by molar-refractivity contribution is 0.0951. The zero-order valence-corrected chi connectivity index (χ0v) is 9.49. The van der Waals surface area contributed by atoms with E-state index >= 15 is 0 Å². The van der Waals surface area contributed by atoms with Crippen LogP contribution in [0.5, 0.6) is 0 Å². The predicted octanol–water partition coefficient (Wildman–Crippen LogP) is 2.65. The van der Waals surface area contributed by atoms with E-state index in [2.05, 4.69) is 12.2 Å². The summed E-state index contributed by atoms with van der Waals surface area (Å²) in [6.07, 6.45) is 2.27. The fourth-order valence-corrected chi connectivity index (χ4v) is 1.44. The van der Waals surface area contributed by atoms with Crippen molar-refractivity contribution in [3.63, 3.8) is 0 Å². The van der Waals surface area contributed by atoms with E-state index < -0.39 is 0 Å². The van der Waals surface area contributed by atoms with Gasteiger partial charge in [0.1, 0.15) is 0 Å². The number of carbonyl (C=O) groups excluding carboxylic acids is 1. The Hall–Kier alpha value is -1.15. The Balaban J connectivity index is 2.46. The van der Waals surface area contributed by atoms with Gasteiger partial charge in [0.05, 0.1) is 6.04 Å². The standard InChI is InChI=1S/C13H19NO/c1-3-4-10-14-11(2)13(15)12-8-6-5-7-9-12/h5-9,11,14H,3-4,10H2,1-2H3/t11-/m1/s1. The first kappa shape index (κ1) is 11.9. The Morgan fingerprint density at radius 3 is 2.60 bits per heavy atom. The van der Waals surface area contributed by atoms with Crippen molar-refractivity contribution in [2.45, 2.75) is 32.7 Å². The van der Waals surface area contributed by atoms with Gasteiger partial charge in [0, 0.05) is 5.56 Å². The van der Waals surface area contributed by atoms with Crippen molar-refractivity contribution in [1.82, 2.24) is 5.32 Å². The molecule has 0 saturated heterocycles. The molecule has 0 heterocycles. The first-order chi connectivity index (χ1) is 7.25. The van der Waals surface area contributed by atoms with Gasteiger partial charge in [0.15, 0.2) is 5.78 Å². The molecule has 2 nitrogen and oxygen atoms in total. The van der Waals surface area contributed by atoms with Gasteiger partial charge >= 0.3 is 0 Å². The fraction of sp³-hybridized carbons (Fsp3) is 0.462. The molecule has 1 rings (SSSR count). The van der Waals surface area contributed by atoms with Crippen molar-refractivity contribution < 1.29 is 4.79 Å². The fourth-order valence-electron chi connectivity index (χ4n) is 1.44. The molecule has 82 valence electrons. The van der Waals surface area contributed by atoms with Crippen LogP contribution in [0.15, 0.2) is 30.3 Å². The highest BCUT2D eigenvalue weighted by Gasteiger charge is 2.13. The van der Waals surface area contributed by atoms with Crippen molar-refractivity contribution >= 4 is 5.78 Å². The van der Waals surface area contributed by atoms with E-state index in [1.165, 1.54) is 0 Å². The highest BCUT2D eigenvalue weighted by Crippen LogP contribution is 2.03. The molecular weight excluding hydrogens is 186 g/mol. The average Bonchev–Trinajstić information content (AvgIpc) is 2.29. The highest BCUT2D eigenvalue weighted by atomic mass is 16.1. The van der Waals surface area contributed by atoms with Crippen LogP contribution in [-0.4, -0.2) is 18.4 Å². The van der Waals surface area contributed by atoms with Crippen molar-refractivity contribution in [3.05, 3.63) is 35.9 Å². The summed E-state index contributed by atoms with van der Waals surface area (Å²) in [5.74, 6) is 0.173. The summed E-state index contributed by atoms with van der Waals surface area (Å²) in [4.78, 5) is 11.9. The molecular formula is C13H19NO. The van der Waals surface area contributed by atoms with E-state index in [1.54, 1.807) is 0 Å². The van der Waals surface area contributed by atoms with Gasteiger partial charge in [0.25, 0.3) is 0 Å². The van der Waals surface area contributed by atoms with Crippen molar-refractivity contribution in [1.29, 1.82) is 0 Å². The summed E-state index contributed by atoms with van der Waals surface area (Å²) < 4.78 is 0. The topological polar surface area (TPSA) is 29.1 Å². The predicted molar refractivity (Wildman–Crippen MR) is 63.1 cm³/mol. The van der Waals surface area contributed by atoms with Gasteiger partial charge in [-0.25, -0.2) is 0 Å². The second-order valence-corrected chi connectivity index (χ2v) is 3.76. The molecule has 0 saturated carbocycles. The molecule has 0 bridgehead atoms. The minimum absolute atomic E-state index is 0.0843. The number of unbranched alkanes of at least 4 members (excludes halogenated alkanes) is 1. The molecule has 1 N–H and O–H groups in total. The maximum absolute atomic E-state index is 11.9. The Bertz CT molecular complexity index is 295. The van der Waals surface area contributed by atoms with E-state index in [4.69, 9.17) is 0 Å². The van der Waals surface area contributed by atoms with Gasteiger partial charge in [-0.3, -0.25) is 4.79 Å². The number of ketones is 1. The van der Waals surface area contributed by atoms with Gasteiger partial charge in [-0.1, -0.05) is 43.7 Å². The van der Waals surface area contributed by atoms with Crippen LogP contribution in [0.2, 0.25) is 0 Å². The quantitative estimate of drug-likeness (QED) is 0.571. The molecule has 0 aliphatic carbocycles. The maximum atomic E-state index is 11.9. The summed E-state index contributed by atoms with van der Waals surface area (Å²) in [5, 5.41) is 3.23. The lowest BCUT2D eigenvalue weighted by Crippen LogP contribution is -2.34. The third kappa shape index (κ3) is 3.84. The molecule has 0 spiro atoms. The number of nitrogens with one attached hydrogen (secondary N) is 1. The van der Waals surface area contributed by atoms with E-state index in [9.17, 15) is 4.79 Å². The van der Waals surface area contributed by atoms with Crippen molar-refractivity contribution in [2.24, 2.45) is 0 Å². The Morgan fingerprint density at radius 1 is 1.33 bits per heavy atom. The van der Waals surface area contributed by atoms with Crippen LogP contribution >= 0.6 is 0 Å². The molecule has 1 aromatic carbocycles.